The van der Waals surface area contributed by atoms with Gasteiger partial charge < -0.3 is 66.6 Å². The van der Waals surface area contributed by atoms with Gasteiger partial charge in [-0.25, -0.2) is 0 Å². The van der Waals surface area contributed by atoms with Crippen molar-refractivity contribution in [2.24, 2.45) is 0 Å². The molecule has 30 heavy (non-hydrogen) atoms. The minimum absolute atomic E-state index is 0. The first kappa shape index (κ1) is 29.4. The summed E-state index contributed by atoms with van der Waals surface area (Å²) in [6.45, 7) is 10.5. The highest BCUT2D eigenvalue weighted by atomic mass is 127. The summed E-state index contributed by atoms with van der Waals surface area (Å²) < 4.78 is 7.97. The molecule has 0 aliphatic rings. The molecule has 0 atom stereocenters. The monoisotopic (exact) mass is 639 g/mol. The molecule has 170 valence electrons. The second-order valence-corrected chi connectivity index (χ2v) is 8.78. The van der Waals surface area contributed by atoms with Gasteiger partial charge in [0.2, 0.25) is 0 Å². The molecule has 2 aromatic rings. The zero-order valence-corrected chi connectivity index (χ0v) is 23.8. The van der Waals surface area contributed by atoms with Gasteiger partial charge in [0.1, 0.15) is 18.9 Å². The Morgan fingerprint density at radius 1 is 0.700 bits per heavy atom. The van der Waals surface area contributed by atoms with Gasteiger partial charge >= 0.3 is 0 Å². The van der Waals surface area contributed by atoms with E-state index in [9.17, 15) is 0 Å². The topological polar surface area (TPSA) is 12.5 Å². The molecular formula is C24H39I2N3O. The number of rotatable bonds is 11. The Hall–Kier alpha value is -0.580. The van der Waals surface area contributed by atoms with E-state index >= 15 is 0 Å². The molecule has 0 spiro atoms. The summed E-state index contributed by atoms with van der Waals surface area (Å²) in [5.41, 5.74) is 2.44. The Balaban J connectivity index is 0.00000420. The third-order valence-electron chi connectivity index (χ3n) is 5.82. The average molecular weight is 639 g/mol. The van der Waals surface area contributed by atoms with Crippen LogP contribution in [0.2, 0.25) is 0 Å². The molecular weight excluding hydrogens is 600 g/mol. The fourth-order valence-corrected chi connectivity index (χ4v) is 2.84. The van der Waals surface area contributed by atoms with Gasteiger partial charge in [0.05, 0.1) is 54.4 Å². The van der Waals surface area contributed by atoms with E-state index in [-0.39, 0.29) is 48.0 Å². The van der Waals surface area contributed by atoms with Gasteiger partial charge in [-0.05, 0) is 50.2 Å². The number of hydrogen-bond donors (Lipinski definition) is 0. The molecule has 0 N–H and O–H groups in total. The highest BCUT2D eigenvalue weighted by Gasteiger charge is 2.17. The Labute approximate surface area is 218 Å². The van der Waals surface area contributed by atoms with Crippen LogP contribution in [0.5, 0.6) is 5.75 Å². The summed E-state index contributed by atoms with van der Waals surface area (Å²) in [4.78, 5) is 2.40. The third-order valence-corrected chi connectivity index (χ3v) is 5.82. The van der Waals surface area contributed by atoms with Crippen LogP contribution in [0.3, 0.4) is 0 Å². The van der Waals surface area contributed by atoms with Gasteiger partial charge in [0.25, 0.3) is 0 Å². The van der Waals surface area contributed by atoms with E-state index in [1.165, 1.54) is 11.4 Å². The lowest BCUT2D eigenvalue weighted by Gasteiger charge is -2.32. The van der Waals surface area contributed by atoms with Crippen molar-refractivity contribution in [1.29, 1.82) is 0 Å². The lowest BCUT2D eigenvalue weighted by molar-refractivity contribution is -0.888. The summed E-state index contributed by atoms with van der Waals surface area (Å²) >= 11 is 0. The van der Waals surface area contributed by atoms with E-state index < -0.39 is 0 Å². The van der Waals surface area contributed by atoms with Gasteiger partial charge in [-0.2, -0.15) is 0 Å². The summed E-state index contributed by atoms with van der Waals surface area (Å²) in [5, 5.41) is 0. The van der Waals surface area contributed by atoms with Crippen molar-refractivity contribution in [3.8, 4) is 5.75 Å². The van der Waals surface area contributed by atoms with E-state index in [1.54, 1.807) is 0 Å². The number of ether oxygens (including phenoxy) is 1. The van der Waals surface area contributed by atoms with Crippen LogP contribution in [0.4, 0.5) is 11.4 Å². The molecule has 0 fully saturated rings. The Bertz CT molecular complexity index is 706. The predicted octanol–water partition coefficient (Wildman–Crippen LogP) is -1.60. The number of likely N-dealkylation sites (N-methyl/N-ethyl adjacent to an activating group) is 2. The van der Waals surface area contributed by atoms with Crippen LogP contribution in [0.25, 0.3) is 0 Å². The van der Waals surface area contributed by atoms with Gasteiger partial charge in [-0.3, -0.25) is 0 Å². The van der Waals surface area contributed by atoms with E-state index in [2.05, 4.69) is 102 Å². The minimum Gasteiger partial charge on any atom is -1.00 e. The van der Waals surface area contributed by atoms with Crippen LogP contribution in [-0.4, -0.2) is 76.5 Å². The number of quaternary nitrogens is 2. The van der Waals surface area contributed by atoms with Crippen LogP contribution in [0.15, 0.2) is 54.6 Å². The number of anilines is 2. The van der Waals surface area contributed by atoms with E-state index in [0.717, 1.165) is 54.0 Å². The van der Waals surface area contributed by atoms with Crippen LogP contribution in [0.1, 0.15) is 13.8 Å². The molecule has 2 rings (SSSR count). The number of para-hydroxylation sites is 1. The molecule has 0 saturated carbocycles. The quantitative estimate of drug-likeness (QED) is 0.217. The SMILES string of the molecule is CC[N+](C)(C)CCOc1ccc(N(CC[N+](C)(C)CC)c2ccccc2)cc1.[I-].[I-]. The maximum absolute atomic E-state index is 5.98. The average Bonchev–Trinajstić information content (AvgIpc) is 2.70. The summed E-state index contributed by atoms with van der Waals surface area (Å²) in [6.07, 6.45) is 0. The number of halogens is 2. The van der Waals surface area contributed by atoms with Crippen molar-refractivity contribution in [1.82, 2.24) is 0 Å². The number of hydrogen-bond acceptors (Lipinski definition) is 2. The van der Waals surface area contributed by atoms with E-state index in [1.807, 2.05) is 0 Å². The molecule has 0 aromatic heterocycles. The maximum atomic E-state index is 5.98. The van der Waals surface area contributed by atoms with Gasteiger partial charge in [0, 0.05) is 11.4 Å². The van der Waals surface area contributed by atoms with Crippen molar-refractivity contribution in [2.45, 2.75) is 13.8 Å². The predicted molar refractivity (Wildman–Crippen MR) is 120 cm³/mol. The highest BCUT2D eigenvalue weighted by molar-refractivity contribution is 5.63. The first-order valence-electron chi connectivity index (χ1n) is 10.5. The Morgan fingerprint density at radius 2 is 1.20 bits per heavy atom. The molecule has 0 aliphatic carbocycles. The standard InChI is InChI=1S/C24H39N3O.2HI/c1-7-26(3,4)19-18-25(22-12-10-9-11-13-22)23-14-16-24(17-15-23)28-21-20-27(5,6)8-2;;/h9-17H,7-8,18-21H2,1-6H3;2*1H/q+2;;/p-2. The third kappa shape index (κ3) is 9.70. The van der Waals surface area contributed by atoms with Gasteiger partial charge in [-0.15, -0.1) is 0 Å². The fourth-order valence-electron chi connectivity index (χ4n) is 2.84. The van der Waals surface area contributed by atoms with Gasteiger partial charge in [-0.1, -0.05) is 18.2 Å². The Kier molecular flexibility index (Phi) is 13.5. The van der Waals surface area contributed by atoms with Crippen molar-refractivity contribution in [3.63, 3.8) is 0 Å². The maximum Gasteiger partial charge on any atom is 0.137 e. The second kappa shape index (κ2) is 13.8. The van der Waals surface area contributed by atoms with Crippen LogP contribution >= 0.6 is 0 Å². The van der Waals surface area contributed by atoms with Crippen LogP contribution in [0, 0.1) is 0 Å². The summed E-state index contributed by atoms with van der Waals surface area (Å²) in [6, 6.07) is 19.2. The molecule has 0 amide bonds. The van der Waals surface area contributed by atoms with Gasteiger partial charge in [0.15, 0.2) is 0 Å². The number of benzene rings is 2. The Morgan fingerprint density at radius 3 is 1.73 bits per heavy atom. The minimum atomic E-state index is 0. The lowest BCUT2D eigenvalue weighted by Crippen LogP contribution is -3.00. The smallest absolute Gasteiger partial charge is 0.137 e. The first-order valence-corrected chi connectivity index (χ1v) is 10.5. The van der Waals surface area contributed by atoms with Crippen molar-refractivity contribution in [2.75, 3.05) is 72.4 Å². The van der Waals surface area contributed by atoms with E-state index in [4.69, 9.17) is 4.74 Å². The normalized spacial score (nSPS) is 11.3. The molecule has 0 unspecified atom stereocenters. The summed E-state index contributed by atoms with van der Waals surface area (Å²) in [5.74, 6) is 0.942. The molecule has 0 bridgehead atoms. The largest absolute Gasteiger partial charge is 1.00 e. The zero-order valence-electron chi connectivity index (χ0n) is 19.4. The molecule has 0 saturated heterocycles. The van der Waals surface area contributed by atoms with Crippen LogP contribution < -0.4 is 57.6 Å². The number of nitrogens with zero attached hydrogens (tertiary/aromatic N) is 3. The summed E-state index contributed by atoms with van der Waals surface area (Å²) in [7, 11) is 9.05. The second-order valence-electron chi connectivity index (χ2n) is 8.78. The van der Waals surface area contributed by atoms with E-state index in [0.29, 0.717) is 0 Å². The molecule has 6 heteroatoms. The molecule has 0 aliphatic heterocycles. The van der Waals surface area contributed by atoms with Crippen molar-refractivity contribution >= 4 is 11.4 Å². The highest BCUT2D eigenvalue weighted by Crippen LogP contribution is 2.27. The van der Waals surface area contributed by atoms with Crippen LogP contribution in [-0.2, 0) is 0 Å². The zero-order chi connectivity index (χ0) is 20.6. The van der Waals surface area contributed by atoms with Crippen molar-refractivity contribution < 1.29 is 61.7 Å². The molecule has 0 radical (unpaired) electrons. The molecule has 2 aromatic carbocycles. The molecule has 4 nitrogen and oxygen atoms in total. The lowest BCUT2D eigenvalue weighted by atomic mass is 10.2. The fraction of sp³-hybridized carbons (Fsp3) is 0.500. The van der Waals surface area contributed by atoms with Crippen molar-refractivity contribution in [3.05, 3.63) is 54.6 Å². The molecule has 0 heterocycles. The first-order chi connectivity index (χ1) is 13.3.